The fraction of sp³-hybridized carbons (Fsp3) is 0.147. The summed E-state index contributed by atoms with van der Waals surface area (Å²) in [6.07, 6.45) is 2.43. The van der Waals surface area contributed by atoms with Crippen molar-refractivity contribution in [3.05, 3.63) is 114 Å². The Bertz CT molecular complexity index is 1850. The fourth-order valence-corrected chi connectivity index (χ4v) is 4.94. The van der Waals surface area contributed by atoms with E-state index in [9.17, 15) is 14.0 Å². The quantitative estimate of drug-likeness (QED) is 0.157. The number of amides is 2. The minimum atomic E-state index is -1.20. The topological polar surface area (TPSA) is 98.8 Å². The number of nitrogens with one attached hydrogen (secondary N) is 2. The molecule has 1 aliphatic carbocycles. The highest BCUT2D eigenvalue weighted by Crippen LogP contribution is 2.48. The summed E-state index contributed by atoms with van der Waals surface area (Å²) in [5, 5.41) is 6.42. The number of aromatic nitrogens is 1. The zero-order valence-electron chi connectivity index (χ0n) is 23.6. The second-order valence-corrected chi connectivity index (χ2v) is 10.8. The summed E-state index contributed by atoms with van der Waals surface area (Å²) < 4.78 is 31.0. The molecular formula is C34H27ClFN3O5. The van der Waals surface area contributed by atoms with Gasteiger partial charge in [-0.2, -0.15) is 0 Å². The molecule has 2 N–H and O–H groups in total. The molecule has 0 radical (unpaired) electrons. The van der Waals surface area contributed by atoms with Crippen LogP contribution in [0, 0.1) is 11.2 Å². The molecule has 1 aliphatic rings. The van der Waals surface area contributed by atoms with Gasteiger partial charge in [-0.3, -0.25) is 14.6 Å². The maximum atomic E-state index is 13.2. The van der Waals surface area contributed by atoms with E-state index in [1.165, 1.54) is 24.3 Å². The van der Waals surface area contributed by atoms with E-state index in [0.29, 0.717) is 64.7 Å². The van der Waals surface area contributed by atoms with Gasteiger partial charge in [0.2, 0.25) is 11.8 Å². The Balaban J connectivity index is 1.15. The van der Waals surface area contributed by atoms with Crippen LogP contribution in [0.4, 0.5) is 15.8 Å². The highest BCUT2D eigenvalue weighted by molar-refractivity contribution is 6.32. The van der Waals surface area contributed by atoms with Crippen molar-refractivity contribution in [3.63, 3.8) is 0 Å². The van der Waals surface area contributed by atoms with Gasteiger partial charge in [-0.05, 0) is 73.0 Å². The van der Waals surface area contributed by atoms with E-state index in [0.717, 1.165) is 5.56 Å². The first-order chi connectivity index (χ1) is 21.3. The lowest BCUT2D eigenvalue weighted by Crippen LogP contribution is -2.35. The van der Waals surface area contributed by atoms with Gasteiger partial charge in [-0.25, -0.2) is 4.39 Å². The molecule has 8 nitrogen and oxygen atoms in total. The van der Waals surface area contributed by atoms with E-state index in [-0.39, 0.29) is 5.02 Å². The molecule has 0 unspecified atom stereocenters. The van der Waals surface area contributed by atoms with Gasteiger partial charge in [0, 0.05) is 29.0 Å². The first-order valence-corrected chi connectivity index (χ1v) is 14.2. The largest absolute Gasteiger partial charge is 0.493 e. The van der Waals surface area contributed by atoms with Crippen LogP contribution in [0.15, 0.2) is 97.2 Å². The second kappa shape index (κ2) is 12.2. The smallest absolute Gasteiger partial charge is 0.240 e. The SMILES string of the molecule is COc1cc2c(Oc3ccc(NC(=O)C4(C(=O)Nc5ccc(F)cc5)CC4)cc3Cl)ccnc2cc1OCc1ccccc1. The molecule has 4 aromatic carbocycles. The van der Waals surface area contributed by atoms with Gasteiger partial charge in [0.25, 0.3) is 0 Å². The van der Waals surface area contributed by atoms with Crippen LogP contribution in [-0.2, 0) is 16.2 Å². The monoisotopic (exact) mass is 611 g/mol. The molecule has 1 fully saturated rings. The number of halogens is 2. The van der Waals surface area contributed by atoms with Crippen LogP contribution in [0.5, 0.6) is 23.0 Å². The van der Waals surface area contributed by atoms with Crippen LogP contribution >= 0.6 is 11.6 Å². The van der Waals surface area contributed by atoms with Crippen LogP contribution in [0.1, 0.15) is 18.4 Å². The third-order valence-corrected chi connectivity index (χ3v) is 7.65. The molecule has 1 aromatic heterocycles. The van der Waals surface area contributed by atoms with Gasteiger partial charge in [-0.15, -0.1) is 0 Å². The van der Waals surface area contributed by atoms with Crippen LogP contribution in [0.3, 0.4) is 0 Å². The molecule has 5 aromatic rings. The third-order valence-electron chi connectivity index (χ3n) is 7.36. The Hall–Kier alpha value is -5.15. The van der Waals surface area contributed by atoms with E-state index >= 15 is 0 Å². The molecule has 222 valence electrons. The number of carbonyl (C=O) groups is 2. The summed E-state index contributed by atoms with van der Waals surface area (Å²) in [7, 11) is 1.57. The summed E-state index contributed by atoms with van der Waals surface area (Å²) in [5.74, 6) is 0.618. The molecule has 1 heterocycles. The zero-order valence-corrected chi connectivity index (χ0v) is 24.4. The van der Waals surface area contributed by atoms with E-state index in [4.69, 9.17) is 25.8 Å². The lowest BCUT2D eigenvalue weighted by Gasteiger charge is -2.17. The molecule has 0 saturated heterocycles. The van der Waals surface area contributed by atoms with Gasteiger partial charge >= 0.3 is 0 Å². The summed E-state index contributed by atoms with van der Waals surface area (Å²) in [4.78, 5) is 30.4. The molecule has 0 bridgehead atoms. The Morgan fingerprint density at radius 2 is 1.55 bits per heavy atom. The van der Waals surface area contributed by atoms with Gasteiger partial charge in [0.1, 0.15) is 29.3 Å². The predicted molar refractivity (Wildman–Crippen MR) is 166 cm³/mol. The van der Waals surface area contributed by atoms with Crippen LogP contribution in [0.25, 0.3) is 10.9 Å². The molecule has 6 rings (SSSR count). The number of rotatable bonds is 10. The number of nitrogens with zero attached hydrogens (tertiary/aromatic N) is 1. The second-order valence-electron chi connectivity index (χ2n) is 10.3. The number of methoxy groups -OCH3 is 1. The maximum Gasteiger partial charge on any atom is 0.240 e. The first-order valence-electron chi connectivity index (χ1n) is 13.8. The number of anilines is 2. The molecule has 2 amide bonds. The molecule has 0 atom stereocenters. The standard InChI is InChI=1S/C34H27ClFN3O5/c1-42-30-18-25-27(19-31(30)43-20-21-5-3-2-4-6-21)37-16-13-28(25)44-29-12-11-24(17-26(29)35)39-33(41)34(14-15-34)32(40)38-23-9-7-22(36)8-10-23/h2-13,16-19H,14-15,20H2,1H3,(H,38,40)(H,39,41). The van der Waals surface area contributed by atoms with E-state index in [1.54, 1.807) is 49.7 Å². The summed E-state index contributed by atoms with van der Waals surface area (Å²) in [6, 6.07) is 25.3. The zero-order chi connectivity index (χ0) is 30.7. The number of ether oxygens (including phenoxy) is 3. The lowest BCUT2D eigenvalue weighted by molar-refractivity contribution is -0.131. The van der Waals surface area contributed by atoms with E-state index < -0.39 is 23.0 Å². The van der Waals surface area contributed by atoms with Crippen molar-refractivity contribution in [1.29, 1.82) is 0 Å². The molecular weight excluding hydrogens is 585 g/mol. The number of hydrogen-bond acceptors (Lipinski definition) is 6. The highest BCUT2D eigenvalue weighted by atomic mass is 35.5. The van der Waals surface area contributed by atoms with Crippen molar-refractivity contribution in [2.45, 2.75) is 19.4 Å². The lowest BCUT2D eigenvalue weighted by atomic mass is 10.0. The van der Waals surface area contributed by atoms with Crippen molar-refractivity contribution in [3.8, 4) is 23.0 Å². The Morgan fingerprint density at radius 1 is 0.841 bits per heavy atom. The highest BCUT2D eigenvalue weighted by Gasteiger charge is 2.56. The van der Waals surface area contributed by atoms with Crippen molar-refractivity contribution in [2.24, 2.45) is 5.41 Å². The Morgan fingerprint density at radius 3 is 2.23 bits per heavy atom. The predicted octanol–water partition coefficient (Wildman–Crippen LogP) is 7.76. The van der Waals surface area contributed by atoms with Crippen molar-refractivity contribution in [2.75, 3.05) is 17.7 Å². The van der Waals surface area contributed by atoms with Gasteiger partial charge in [-0.1, -0.05) is 41.9 Å². The minimum absolute atomic E-state index is 0.253. The molecule has 44 heavy (non-hydrogen) atoms. The van der Waals surface area contributed by atoms with Crippen molar-refractivity contribution < 1.29 is 28.2 Å². The summed E-state index contributed by atoms with van der Waals surface area (Å²) in [5.41, 5.74) is 1.29. The maximum absolute atomic E-state index is 13.2. The van der Waals surface area contributed by atoms with Crippen LogP contribution in [0.2, 0.25) is 5.02 Å². The molecule has 0 spiro atoms. The van der Waals surface area contributed by atoms with E-state index in [1.807, 2.05) is 30.3 Å². The average molecular weight is 612 g/mol. The fourth-order valence-electron chi connectivity index (χ4n) is 4.72. The Labute approximate surface area is 257 Å². The molecule has 1 saturated carbocycles. The third kappa shape index (κ3) is 6.14. The van der Waals surface area contributed by atoms with Crippen LogP contribution < -0.4 is 24.8 Å². The van der Waals surface area contributed by atoms with Crippen molar-refractivity contribution >= 4 is 45.7 Å². The summed E-state index contributed by atoms with van der Waals surface area (Å²) >= 11 is 6.56. The van der Waals surface area contributed by atoms with Crippen LogP contribution in [-0.4, -0.2) is 23.9 Å². The van der Waals surface area contributed by atoms with Gasteiger partial charge in [0.15, 0.2) is 11.5 Å². The van der Waals surface area contributed by atoms with E-state index in [2.05, 4.69) is 15.6 Å². The summed E-state index contributed by atoms with van der Waals surface area (Å²) in [6.45, 7) is 0.372. The number of hydrogen-bond donors (Lipinski definition) is 2. The van der Waals surface area contributed by atoms with Crippen molar-refractivity contribution in [1.82, 2.24) is 4.98 Å². The number of carbonyl (C=O) groups excluding carboxylic acids is 2. The average Bonchev–Trinajstić information content (AvgIpc) is 3.85. The number of pyridine rings is 1. The first kappa shape index (κ1) is 28.9. The normalized spacial score (nSPS) is 13.2. The van der Waals surface area contributed by atoms with Gasteiger partial charge in [0.05, 0.1) is 17.6 Å². The van der Waals surface area contributed by atoms with Gasteiger partial charge < -0.3 is 24.8 Å². The minimum Gasteiger partial charge on any atom is -0.493 e. The number of fused-ring (bicyclic) bond motifs is 1. The molecule has 0 aliphatic heterocycles. The number of benzene rings is 4. The molecule has 10 heteroatoms. The Kier molecular flexibility index (Phi) is 8.04.